The molecule has 0 bridgehead atoms. The Morgan fingerprint density at radius 1 is 1.32 bits per heavy atom. The minimum Gasteiger partial charge on any atom is -0.496 e. The van der Waals surface area contributed by atoms with E-state index < -0.39 is 10.0 Å². The average molecular weight is 322 g/mol. The molecule has 1 aliphatic rings. The van der Waals surface area contributed by atoms with Crippen molar-refractivity contribution in [1.29, 1.82) is 0 Å². The molecule has 2 heterocycles. The maximum Gasteiger partial charge on any atom is 0.266 e. The average Bonchev–Trinajstić information content (AvgIpc) is 2.94. The number of methoxy groups -OCH3 is 1. The van der Waals surface area contributed by atoms with Gasteiger partial charge in [-0.05, 0) is 36.6 Å². The van der Waals surface area contributed by atoms with E-state index in [0.29, 0.717) is 24.8 Å². The van der Waals surface area contributed by atoms with E-state index in [9.17, 15) is 8.42 Å². The normalized spacial score (nSPS) is 18.1. The molecule has 2 aromatic rings. The van der Waals surface area contributed by atoms with Gasteiger partial charge in [0.2, 0.25) is 5.95 Å². The van der Waals surface area contributed by atoms with E-state index in [1.165, 1.54) is 10.6 Å². The minimum atomic E-state index is -3.67. The first-order chi connectivity index (χ1) is 10.4. The lowest BCUT2D eigenvalue weighted by Crippen LogP contribution is -2.41. The van der Waals surface area contributed by atoms with Crippen LogP contribution in [-0.4, -0.2) is 36.8 Å². The highest BCUT2D eigenvalue weighted by molar-refractivity contribution is 7.92. The Morgan fingerprint density at radius 3 is 2.77 bits per heavy atom. The van der Waals surface area contributed by atoms with Crippen molar-refractivity contribution in [1.82, 2.24) is 14.8 Å². The first kappa shape index (κ1) is 14.8. The molecular weight excluding hydrogens is 304 g/mol. The minimum absolute atomic E-state index is 0.170. The van der Waals surface area contributed by atoms with Crippen molar-refractivity contribution < 1.29 is 13.2 Å². The van der Waals surface area contributed by atoms with Crippen LogP contribution >= 0.6 is 0 Å². The molecular formula is C14H18N4O3S. The van der Waals surface area contributed by atoms with Gasteiger partial charge in [-0.25, -0.2) is 17.4 Å². The molecule has 1 aliphatic heterocycles. The van der Waals surface area contributed by atoms with Gasteiger partial charge < -0.3 is 4.74 Å². The van der Waals surface area contributed by atoms with Gasteiger partial charge in [0.15, 0.2) is 0 Å². The molecule has 3 rings (SSSR count). The number of rotatable bonds is 3. The van der Waals surface area contributed by atoms with Crippen molar-refractivity contribution in [3.05, 3.63) is 30.1 Å². The number of anilines is 1. The number of hydrogen-bond acceptors (Lipinski definition) is 5. The molecule has 22 heavy (non-hydrogen) atoms. The van der Waals surface area contributed by atoms with E-state index in [4.69, 9.17) is 4.74 Å². The van der Waals surface area contributed by atoms with Crippen LogP contribution in [0, 0.1) is 12.8 Å². The van der Waals surface area contributed by atoms with E-state index in [2.05, 4.69) is 10.1 Å². The monoisotopic (exact) mass is 322 g/mol. The van der Waals surface area contributed by atoms with E-state index in [0.717, 1.165) is 5.56 Å². The molecule has 1 aromatic carbocycles. The fraction of sp³-hybridized carbons (Fsp3) is 0.429. The van der Waals surface area contributed by atoms with E-state index in [1.54, 1.807) is 30.0 Å². The molecule has 1 aromatic heterocycles. The van der Waals surface area contributed by atoms with Crippen LogP contribution < -0.4 is 9.04 Å². The number of benzene rings is 1. The zero-order chi connectivity index (χ0) is 15.9. The summed E-state index contributed by atoms with van der Waals surface area (Å²) in [5, 5.41) is 4.09. The van der Waals surface area contributed by atoms with Crippen LogP contribution in [0.1, 0.15) is 12.5 Å². The lowest BCUT2D eigenvalue weighted by atomic mass is 10.1. The molecule has 7 nitrogen and oxygen atoms in total. The molecule has 1 unspecified atom stereocenters. The van der Waals surface area contributed by atoms with Gasteiger partial charge >= 0.3 is 0 Å². The number of sulfonamides is 1. The Balaban J connectivity index is 2.06. The molecule has 0 radical (unpaired) electrons. The van der Waals surface area contributed by atoms with E-state index >= 15 is 0 Å². The Kier molecular flexibility index (Phi) is 3.56. The zero-order valence-corrected chi connectivity index (χ0v) is 13.5. The summed E-state index contributed by atoms with van der Waals surface area (Å²) in [5.74, 6) is 1.20. The lowest BCUT2D eigenvalue weighted by Gasteiger charge is -2.31. The maximum absolute atomic E-state index is 12.9. The van der Waals surface area contributed by atoms with Gasteiger partial charge in [0, 0.05) is 13.1 Å². The summed E-state index contributed by atoms with van der Waals surface area (Å²) in [5.41, 5.74) is 0.773. The summed E-state index contributed by atoms with van der Waals surface area (Å²) in [7, 11) is -2.11. The van der Waals surface area contributed by atoms with Gasteiger partial charge in [0.1, 0.15) is 12.1 Å². The summed E-state index contributed by atoms with van der Waals surface area (Å²) >= 11 is 0. The molecule has 0 amide bonds. The van der Waals surface area contributed by atoms with Crippen molar-refractivity contribution in [2.45, 2.75) is 25.3 Å². The van der Waals surface area contributed by atoms with Crippen molar-refractivity contribution in [2.75, 3.05) is 18.0 Å². The van der Waals surface area contributed by atoms with Gasteiger partial charge in [-0.15, -0.1) is 0 Å². The van der Waals surface area contributed by atoms with Gasteiger partial charge in [-0.3, -0.25) is 0 Å². The van der Waals surface area contributed by atoms with Crippen LogP contribution in [0.25, 0.3) is 0 Å². The maximum atomic E-state index is 12.9. The third kappa shape index (κ3) is 2.33. The molecule has 1 atom stereocenters. The first-order valence-electron chi connectivity index (χ1n) is 6.98. The largest absolute Gasteiger partial charge is 0.496 e. The van der Waals surface area contributed by atoms with Crippen LogP contribution in [0.2, 0.25) is 0 Å². The SMILES string of the molecule is COc1ccc(S(=O)(=O)N2CC(C)Cn3ncnc32)cc1C. The van der Waals surface area contributed by atoms with Crippen LogP contribution in [0.15, 0.2) is 29.4 Å². The van der Waals surface area contributed by atoms with Crippen LogP contribution in [0.4, 0.5) is 5.95 Å². The summed E-state index contributed by atoms with van der Waals surface area (Å²) in [6.45, 7) is 4.88. The van der Waals surface area contributed by atoms with Gasteiger partial charge in [-0.2, -0.15) is 10.1 Å². The third-order valence-corrected chi connectivity index (χ3v) is 5.48. The fourth-order valence-corrected chi connectivity index (χ4v) is 4.27. The van der Waals surface area contributed by atoms with Crippen molar-refractivity contribution in [3.8, 4) is 5.75 Å². The Labute approximate surface area is 129 Å². The number of ether oxygens (including phenoxy) is 1. The van der Waals surface area contributed by atoms with Crippen molar-refractivity contribution in [3.63, 3.8) is 0 Å². The number of nitrogens with zero attached hydrogens (tertiary/aromatic N) is 4. The van der Waals surface area contributed by atoms with Crippen LogP contribution in [-0.2, 0) is 16.6 Å². The Bertz CT molecular complexity index is 800. The number of hydrogen-bond donors (Lipinski definition) is 0. The van der Waals surface area contributed by atoms with Gasteiger partial charge in [0.05, 0.1) is 12.0 Å². The zero-order valence-electron chi connectivity index (χ0n) is 12.7. The molecule has 0 saturated heterocycles. The molecule has 8 heteroatoms. The van der Waals surface area contributed by atoms with E-state index in [-0.39, 0.29) is 10.8 Å². The molecule has 0 spiro atoms. The second-order valence-electron chi connectivity index (χ2n) is 5.51. The van der Waals surface area contributed by atoms with Gasteiger partial charge in [-0.1, -0.05) is 6.92 Å². The topological polar surface area (TPSA) is 77.3 Å². The second-order valence-corrected chi connectivity index (χ2v) is 7.38. The highest BCUT2D eigenvalue weighted by atomic mass is 32.2. The summed E-state index contributed by atoms with van der Waals surface area (Å²) in [6, 6.07) is 4.84. The number of aromatic nitrogens is 3. The predicted molar refractivity (Wildman–Crippen MR) is 81.4 cm³/mol. The van der Waals surface area contributed by atoms with Crippen molar-refractivity contribution in [2.24, 2.45) is 5.92 Å². The second kappa shape index (κ2) is 5.28. The quantitative estimate of drug-likeness (QED) is 0.854. The predicted octanol–water partition coefficient (Wildman–Crippen LogP) is 1.44. The van der Waals surface area contributed by atoms with Gasteiger partial charge in [0.25, 0.3) is 10.0 Å². The third-order valence-electron chi connectivity index (χ3n) is 3.73. The molecule has 118 valence electrons. The first-order valence-corrected chi connectivity index (χ1v) is 8.42. The lowest BCUT2D eigenvalue weighted by molar-refractivity contribution is 0.411. The standard InChI is InChI=1S/C14H18N4O3S/c1-10-7-17-14(15-9-16-17)18(8-10)22(19,20)12-4-5-13(21-3)11(2)6-12/h4-6,9-10H,7-8H2,1-3H3. The molecule has 0 fully saturated rings. The highest BCUT2D eigenvalue weighted by Gasteiger charge is 2.33. The fourth-order valence-electron chi connectivity index (χ4n) is 2.64. The molecule has 0 saturated carbocycles. The summed E-state index contributed by atoms with van der Waals surface area (Å²) in [6.07, 6.45) is 1.38. The van der Waals surface area contributed by atoms with E-state index in [1.807, 2.05) is 13.8 Å². The number of aryl methyl sites for hydroxylation is 1. The number of fused-ring (bicyclic) bond motifs is 1. The van der Waals surface area contributed by atoms with Crippen molar-refractivity contribution >= 4 is 16.0 Å². The highest BCUT2D eigenvalue weighted by Crippen LogP contribution is 2.29. The Hall–Kier alpha value is -2.09. The van der Waals surface area contributed by atoms with Crippen LogP contribution in [0.3, 0.4) is 0 Å². The smallest absolute Gasteiger partial charge is 0.266 e. The Morgan fingerprint density at radius 2 is 2.09 bits per heavy atom. The molecule has 0 aliphatic carbocycles. The summed E-state index contributed by atoms with van der Waals surface area (Å²) < 4.78 is 34.0. The van der Waals surface area contributed by atoms with Crippen LogP contribution in [0.5, 0.6) is 5.75 Å². The molecule has 0 N–H and O–H groups in total. The summed E-state index contributed by atoms with van der Waals surface area (Å²) in [4.78, 5) is 4.33.